The average molecular weight is 304 g/mol. The van der Waals surface area contributed by atoms with E-state index in [4.69, 9.17) is 0 Å². The van der Waals surface area contributed by atoms with Gasteiger partial charge in [-0.2, -0.15) is 0 Å². The van der Waals surface area contributed by atoms with Crippen molar-refractivity contribution in [1.82, 2.24) is 0 Å². The molecule has 0 aliphatic carbocycles. The molecule has 0 spiro atoms. The van der Waals surface area contributed by atoms with Crippen LogP contribution in [-0.2, 0) is 0 Å². The van der Waals surface area contributed by atoms with Gasteiger partial charge < -0.3 is 0 Å². The topological polar surface area (TPSA) is 0 Å². The van der Waals surface area contributed by atoms with E-state index in [-0.39, 0.29) is 34.0 Å². The third-order valence-electron chi connectivity index (χ3n) is 1.71. The second kappa shape index (κ2) is 17.5. The molecule has 0 fully saturated rings. The highest BCUT2D eigenvalue weighted by molar-refractivity contribution is 8.93. The molecule has 70 valence electrons. The van der Waals surface area contributed by atoms with Crippen LogP contribution in [-0.4, -0.2) is 16.3 Å². The highest BCUT2D eigenvalue weighted by Gasteiger charge is 1.85. The predicted molar refractivity (Wildman–Crippen MR) is 67.4 cm³/mol. The Bertz CT molecular complexity index is 45.4. The van der Waals surface area contributed by atoms with Crippen molar-refractivity contribution < 1.29 is 0 Å². The standard InChI is InChI=1S/C8H17.Al.2BrH.2H/c1-3-5-7-8-6-4-2;;;;;/h1,3-8H2,2H3;;2*1H;;. The van der Waals surface area contributed by atoms with E-state index in [2.05, 4.69) is 6.92 Å². The number of hydrogen-bond donors (Lipinski definition) is 0. The average Bonchev–Trinajstić information content (AvgIpc) is 1.89. The molecular formula is C8H21AlBr2. The van der Waals surface area contributed by atoms with Gasteiger partial charge in [-0.1, -0.05) is 45.4 Å². The van der Waals surface area contributed by atoms with Gasteiger partial charge in [0.2, 0.25) is 16.3 Å². The van der Waals surface area contributed by atoms with Crippen LogP contribution in [0.3, 0.4) is 0 Å². The van der Waals surface area contributed by atoms with Crippen LogP contribution < -0.4 is 0 Å². The molecule has 0 aliphatic heterocycles. The monoisotopic (exact) mass is 302 g/mol. The van der Waals surface area contributed by atoms with E-state index in [1.54, 1.807) is 0 Å². The molecule has 0 unspecified atom stereocenters. The minimum absolute atomic E-state index is 0. The molecule has 0 heterocycles. The molecule has 0 bridgehead atoms. The van der Waals surface area contributed by atoms with E-state index in [0.29, 0.717) is 0 Å². The number of hydrogen-bond acceptors (Lipinski definition) is 0. The third-order valence-corrected chi connectivity index (χ3v) is 2.41. The molecular weight excluding hydrogens is 283 g/mol. The fraction of sp³-hybridized carbons (Fsp3) is 1.00. The maximum atomic E-state index is 2.27. The number of halogens is 2. The van der Waals surface area contributed by atoms with E-state index in [9.17, 15) is 0 Å². The van der Waals surface area contributed by atoms with Crippen molar-refractivity contribution in [3.63, 3.8) is 0 Å². The first-order valence-corrected chi connectivity index (χ1v) is 5.83. The summed E-state index contributed by atoms with van der Waals surface area (Å²) in [5.74, 6) is 0. The van der Waals surface area contributed by atoms with Gasteiger partial charge in [-0.15, -0.1) is 39.2 Å². The van der Waals surface area contributed by atoms with Gasteiger partial charge in [-0.3, -0.25) is 0 Å². The van der Waals surface area contributed by atoms with Crippen LogP contribution in [0.2, 0.25) is 5.28 Å². The summed E-state index contributed by atoms with van der Waals surface area (Å²) in [5, 5.41) is 1.51. The Balaban J connectivity index is -0.000000320. The van der Waals surface area contributed by atoms with Crippen LogP contribution >= 0.6 is 34.0 Å². The molecule has 0 saturated carbocycles. The summed E-state index contributed by atoms with van der Waals surface area (Å²) < 4.78 is 0. The molecule has 0 aliphatic rings. The van der Waals surface area contributed by atoms with Crippen LogP contribution in [0.1, 0.15) is 45.4 Å². The van der Waals surface area contributed by atoms with Crippen LogP contribution in [0.15, 0.2) is 0 Å². The molecule has 0 atom stereocenters. The van der Waals surface area contributed by atoms with Crippen LogP contribution in [0.4, 0.5) is 0 Å². The minimum Gasteiger partial charge on any atom is -0.114 e. The second-order valence-corrected chi connectivity index (χ2v) is 3.77. The highest BCUT2D eigenvalue weighted by Crippen LogP contribution is 2.05. The molecule has 0 radical (unpaired) electrons. The van der Waals surface area contributed by atoms with E-state index in [1.165, 1.54) is 60.1 Å². The SMILES string of the molecule is Br.Br.CCCCCCC[CH2][AlH2]. The fourth-order valence-corrected chi connectivity index (χ4v) is 1.53. The summed E-state index contributed by atoms with van der Waals surface area (Å²) in [6, 6.07) is 0. The lowest BCUT2D eigenvalue weighted by molar-refractivity contribution is 0.624. The molecule has 0 saturated heterocycles. The molecule has 0 N–H and O–H groups in total. The van der Waals surface area contributed by atoms with E-state index < -0.39 is 0 Å². The summed E-state index contributed by atoms with van der Waals surface area (Å²) >= 11 is 1.41. The number of rotatable bonds is 6. The van der Waals surface area contributed by atoms with Crippen molar-refractivity contribution in [2.24, 2.45) is 0 Å². The van der Waals surface area contributed by atoms with Gasteiger partial charge in [-0.25, -0.2) is 0 Å². The molecule has 3 heteroatoms. The zero-order valence-corrected chi connectivity index (χ0v) is 13.2. The summed E-state index contributed by atoms with van der Waals surface area (Å²) in [6.07, 6.45) is 8.76. The van der Waals surface area contributed by atoms with Crippen molar-refractivity contribution in [2.45, 2.75) is 50.7 Å². The van der Waals surface area contributed by atoms with E-state index in [0.717, 1.165) is 0 Å². The molecule has 0 amide bonds. The van der Waals surface area contributed by atoms with Gasteiger partial charge in [0.15, 0.2) is 0 Å². The van der Waals surface area contributed by atoms with Gasteiger partial charge in [0, 0.05) is 0 Å². The Morgan fingerprint density at radius 2 is 1.27 bits per heavy atom. The van der Waals surface area contributed by atoms with Crippen molar-refractivity contribution in [2.75, 3.05) is 0 Å². The Kier molecular flexibility index (Phi) is 29.2. The van der Waals surface area contributed by atoms with Crippen molar-refractivity contribution in [3.8, 4) is 0 Å². The Morgan fingerprint density at radius 1 is 0.818 bits per heavy atom. The maximum Gasteiger partial charge on any atom is 0.211 e. The zero-order valence-electron chi connectivity index (χ0n) is 7.77. The summed E-state index contributed by atoms with van der Waals surface area (Å²) in [6.45, 7) is 2.27. The Hall–Kier alpha value is 1.49. The predicted octanol–water partition coefficient (Wildman–Crippen LogP) is 3.55. The smallest absolute Gasteiger partial charge is 0.114 e. The second-order valence-electron chi connectivity index (χ2n) is 2.77. The van der Waals surface area contributed by atoms with Gasteiger partial charge >= 0.3 is 0 Å². The largest absolute Gasteiger partial charge is 0.211 e. The third kappa shape index (κ3) is 18.4. The van der Waals surface area contributed by atoms with Crippen LogP contribution in [0.25, 0.3) is 0 Å². The highest BCUT2D eigenvalue weighted by atomic mass is 79.9. The quantitative estimate of drug-likeness (QED) is 0.520. The van der Waals surface area contributed by atoms with Gasteiger partial charge in [0.05, 0.1) is 0 Å². The molecule has 0 aromatic rings. The normalized spacial score (nSPS) is 8.09. The molecule has 11 heavy (non-hydrogen) atoms. The van der Waals surface area contributed by atoms with Crippen molar-refractivity contribution in [3.05, 3.63) is 0 Å². The maximum absolute atomic E-state index is 2.27. The van der Waals surface area contributed by atoms with Gasteiger partial charge in [0.1, 0.15) is 0 Å². The fourth-order valence-electron chi connectivity index (χ4n) is 1.03. The molecule has 0 aromatic heterocycles. The molecule has 0 rings (SSSR count). The number of unbranched alkanes of at least 4 members (excludes halogenated alkanes) is 5. The minimum atomic E-state index is 0. The summed E-state index contributed by atoms with van der Waals surface area (Å²) in [4.78, 5) is 0. The Morgan fingerprint density at radius 3 is 1.73 bits per heavy atom. The summed E-state index contributed by atoms with van der Waals surface area (Å²) in [5.41, 5.74) is 0. The summed E-state index contributed by atoms with van der Waals surface area (Å²) in [7, 11) is 0. The Labute approximate surface area is 100 Å². The van der Waals surface area contributed by atoms with E-state index in [1.807, 2.05) is 0 Å². The van der Waals surface area contributed by atoms with Crippen LogP contribution in [0.5, 0.6) is 0 Å². The molecule has 0 nitrogen and oxygen atoms in total. The van der Waals surface area contributed by atoms with Crippen molar-refractivity contribution in [1.29, 1.82) is 0 Å². The van der Waals surface area contributed by atoms with Gasteiger partial charge in [0.25, 0.3) is 0 Å². The lowest BCUT2D eigenvalue weighted by atomic mass is 10.1. The van der Waals surface area contributed by atoms with Crippen molar-refractivity contribution >= 4 is 50.3 Å². The van der Waals surface area contributed by atoms with Gasteiger partial charge in [-0.05, 0) is 0 Å². The first kappa shape index (κ1) is 18.3. The lowest BCUT2D eigenvalue weighted by Crippen LogP contribution is -1.77. The first-order valence-electron chi connectivity index (χ1n) is 4.41. The lowest BCUT2D eigenvalue weighted by Gasteiger charge is -1.96. The zero-order chi connectivity index (χ0) is 6.95. The van der Waals surface area contributed by atoms with Crippen LogP contribution in [0, 0.1) is 0 Å². The first-order chi connectivity index (χ1) is 4.41. The van der Waals surface area contributed by atoms with E-state index >= 15 is 0 Å². The molecule has 0 aromatic carbocycles.